The fraction of sp³-hybridized carbons (Fsp3) is 0.800. The second-order valence-electron chi connectivity index (χ2n) is 4.88. The molecule has 0 rings (SSSR count). The fourth-order valence-corrected chi connectivity index (χ4v) is 1.34. The minimum atomic E-state index is -0.364. The lowest BCUT2D eigenvalue weighted by Crippen LogP contribution is -2.41. The van der Waals surface area contributed by atoms with Crippen molar-refractivity contribution in [1.29, 1.82) is 0 Å². The Bertz CT molecular complexity index is 233. The maximum absolute atomic E-state index is 11.7. The van der Waals surface area contributed by atoms with E-state index in [1.165, 1.54) is 0 Å². The molecule has 1 amide bonds. The Morgan fingerprint density at radius 2 is 1.93 bits per heavy atom. The van der Waals surface area contributed by atoms with Crippen molar-refractivity contribution in [3.8, 4) is 0 Å². The smallest absolute Gasteiger partial charge is 0.231 e. The third kappa shape index (κ3) is 4.56. The zero-order valence-corrected chi connectivity index (χ0v) is 10.4. The summed E-state index contributed by atoms with van der Waals surface area (Å²) in [5, 5.41) is 0. The van der Waals surface area contributed by atoms with Crippen LogP contribution in [0.1, 0.15) is 27.7 Å². The molecule has 0 aromatic heterocycles. The van der Waals surface area contributed by atoms with Crippen LogP contribution in [0, 0.1) is 11.3 Å². The summed E-state index contributed by atoms with van der Waals surface area (Å²) in [5.74, 6) is -0.371. The average molecular weight is 216 g/mol. The minimum absolute atomic E-state index is 0.00701. The molecule has 14 heavy (non-hydrogen) atoms. The van der Waals surface area contributed by atoms with Gasteiger partial charge in [-0.25, -0.2) is 0 Å². The van der Waals surface area contributed by atoms with Crippen molar-refractivity contribution in [3.63, 3.8) is 0 Å². The number of hydrogen-bond acceptors (Lipinski definition) is 2. The molecule has 0 fully saturated rings. The zero-order chi connectivity index (χ0) is 11.5. The Hall–Kier alpha value is -0.640. The van der Waals surface area contributed by atoms with Crippen LogP contribution in [0.2, 0.25) is 0 Å². The lowest BCUT2D eigenvalue weighted by molar-refractivity contribution is -0.132. The van der Waals surface area contributed by atoms with Crippen molar-refractivity contribution < 1.29 is 4.79 Å². The number of amides is 1. The summed E-state index contributed by atoms with van der Waals surface area (Å²) in [5.41, 5.74) is 5.52. The van der Waals surface area contributed by atoms with E-state index in [1.54, 1.807) is 18.9 Å². The molecule has 0 aliphatic heterocycles. The molecule has 0 aromatic rings. The summed E-state index contributed by atoms with van der Waals surface area (Å²) >= 11 is 4.79. The Labute approximate surface area is 91.6 Å². The van der Waals surface area contributed by atoms with Crippen molar-refractivity contribution in [3.05, 3.63) is 0 Å². The van der Waals surface area contributed by atoms with Crippen LogP contribution in [0.4, 0.5) is 0 Å². The second-order valence-corrected chi connectivity index (χ2v) is 5.35. The Balaban J connectivity index is 4.33. The maximum atomic E-state index is 11.7. The van der Waals surface area contributed by atoms with Crippen LogP contribution in [0.3, 0.4) is 0 Å². The largest absolute Gasteiger partial charge is 0.393 e. The number of nitrogens with two attached hydrogens (primary N) is 1. The van der Waals surface area contributed by atoms with Gasteiger partial charge in [0.2, 0.25) is 5.91 Å². The van der Waals surface area contributed by atoms with Crippen LogP contribution in [0.25, 0.3) is 0 Å². The molecule has 82 valence electrons. The van der Waals surface area contributed by atoms with Crippen molar-refractivity contribution in [2.75, 3.05) is 13.6 Å². The molecule has 0 spiro atoms. The number of rotatable bonds is 3. The molecule has 0 aliphatic carbocycles. The number of nitrogens with zero attached hydrogens (tertiary/aromatic N) is 1. The molecule has 3 nitrogen and oxygen atoms in total. The summed E-state index contributed by atoms with van der Waals surface area (Å²) in [6, 6.07) is 0. The van der Waals surface area contributed by atoms with Crippen LogP contribution < -0.4 is 5.73 Å². The standard InChI is InChI=1S/C10H20N2OS/c1-7(8(11)14)9(13)12(5)6-10(2,3)4/h7H,6H2,1-5H3,(H2,11,14). The van der Waals surface area contributed by atoms with Gasteiger partial charge in [0, 0.05) is 13.6 Å². The molecular formula is C10H20N2OS. The summed E-state index contributed by atoms with van der Waals surface area (Å²) in [7, 11) is 1.78. The molecule has 1 atom stereocenters. The first-order chi connectivity index (χ1) is 6.15. The van der Waals surface area contributed by atoms with Gasteiger partial charge in [-0.1, -0.05) is 33.0 Å². The highest BCUT2D eigenvalue weighted by Crippen LogP contribution is 2.15. The predicted molar refractivity (Wildman–Crippen MR) is 63.0 cm³/mol. The van der Waals surface area contributed by atoms with Crippen molar-refractivity contribution in [2.24, 2.45) is 17.1 Å². The van der Waals surface area contributed by atoms with E-state index in [9.17, 15) is 4.79 Å². The highest BCUT2D eigenvalue weighted by atomic mass is 32.1. The first-order valence-corrected chi connectivity index (χ1v) is 5.10. The SMILES string of the molecule is CC(C(=O)N(C)CC(C)(C)C)C(N)=S. The van der Waals surface area contributed by atoms with Crippen LogP contribution in [0.15, 0.2) is 0 Å². The molecule has 4 heteroatoms. The van der Waals surface area contributed by atoms with Gasteiger partial charge in [0.05, 0.1) is 10.9 Å². The Morgan fingerprint density at radius 3 is 2.21 bits per heavy atom. The number of thiocarbonyl (C=S) groups is 1. The molecule has 0 radical (unpaired) electrons. The molecular weight excluding hydrogens is 196 g/mol. The molecule has 0 bridgehead atoms. The molecule has 0 aromatic carbocycles. The van der Waals surface area contributed by atoms with E-state index in [-0.39, 0.29) is 22.2 Å². The van der Waals surface area contributed by atoms with Gasteiger partial charge in [0.25, 0.3) is 0 Å². The molecule has 0 saturated heterocycles. The first-order valence-electron chi connectivity index (χ1n) is 4.69. The van der Waals surface area contributed by atoms with Crippen LogP contribution in [-0.4, -0.2) is 29.4 Å². The van der Waals surface area contributed by atoms with E-state index < -0.39 is 0 Å². The van der Waals surface area contributed by atoms with Crippen LogP contribution in [0.5, 0.6) is 0 Å². The first kappa shape index (κ1) is 13.4. The van der Waals surface area contributed by atoms with Crippen molar-refractivity contribution in [1.82, 2.24) is 4.90 Å². The lowest BCUT2D eigenvalue weighted by atomic mass is 9.95. The normalized spacial score (nSPS) is 13.5. The van der Waals surface area contributed by atoms with Gasteiger partial charge in [-0.3, -0.25) is 4.79 Å². The molecule has 1 unspecified atom stereocenters. The summed E-state index contributed by atoms with van der Waals surface area (Å²) < 4.78 is 0. The van der Waals surface area contributed by atoms with E-state index in [0.29, 0.717) is 6.54 Å². The van der Waals surface area contributed by atoms with Gasteiger partial charge in [-0.15, -0.1) is 0 Å². The monoisotopic (exact) mass is 216 g/mol. The number of carbonyl (C=O) groups is 1. The second kappa shape index (κ2) is 4.73. The van der Waals surface area contributed by atoms with Gasteiger partial charge in [0.1, 0.15) is 0 Å². The van der Waals surface area contributed by atoms with E-state index >= 15 is 0 Å². The third-order valence-corrected chi connectivity index (χ3v) is 2.24. The molecule has 0 aliphatic rings. The summed E-state index contributed by atoms with van der Waals surface area (Å²) in [4.78, 5) is 13.7. The number of hydrogen-bond donors (Lipinski definition) is 1. The average Bonchev–Trinajstić information content (AvgIpc) is 1.98. The highest BCUT2D eigenvalue weighted by molar-refractivity contribution is 7.80. The van der Waals surface area contributed by atoms with Crippen LogP contribution >= 0.6 is 12.2 Å². The van der Waals surface area contributed by atoms with Gasteiger partial charge < -0.3 is 10.6 Å². The minimum Gasteiger partial charge on any atom is -0.393 e. The van der Waals surface area contributed by atoms with Gasteiger partial charge in [-0.2, -0.15) is 0 Å². The fourth-order valence-electron chi connectivity index (χ4n) is 1.24. The predicted octanol–water partition coefficient (Wildman–Crippen LogP) is 1.41. The molecule has 0 heterocycles. The zero-order valence-electron chi connectivity index (χ0n) is 9.63. The quantitative estimate of drug-likeness (QED) is 0.726. The van der Waals surface area contributed by atoms with E-state index in [1.807, 2.05) is 0 Å². The Morgan fingerprint density at radius 1 is 1.50 bits per heavy atom. The van der Waals surface area contributed by atoms with E-state index in [2.05, 4.69) is 20.8 Å². The van der Waals surface area contributed by atoms with E-state index in [4.69, 9.17) is 18.0 Å². The Kier molecular flexibility index (Phi) is 4.52. The van der Waals surface area contributed by atoms with Crippen molar-refractivity contribution >= 4 is 23.1 Å². The van der Waals surface area contributed by atoms with Gasteiger partial charge in [-0.05, 0) is 12.3 Å². The summed E-state index contributed by atoms with van der Waals surface area (Å²) in [6.07, 6.45) is 0. The molecule has 2 N–H and O–H groups in total. The number of carbonyl (C=O) groups excluding carboxylic acids is 1. The topological polar surface area (TPSA) is 46.3 Å². The molecule has 0 saturated carbocycles. The third-order valence-electron chi connectivity index (χ3n) is 1.88. The maximum Gasteiger partial charge on any atom is 0.231 e. The van der Waals surface area contributed by atoms with Gasteiger partial charge in [0.15, 0.2) is 0 Å². The van der Waals surface area contributed by atoms with Crippen LogP contribution in [-0.2, 0) is 4.79 Å². The lowest BCUT2D eigenvalue weighted by Gasteiger charge is -2.28. The van der Waals surface area contributed by atoms with E-state index in [0.717, 1.165) is 0 Å². The highest BCUT2D eigenvalue weighted by Gasteiger charge is 2.23. The van der Waals surface area contributed by atoms with Gasteiger partial charge >= 0.3 is 0 Å². The van der Waals surface area contributed by atoms with Crippen molar-refractivity contribution in [2.45, 2.75) is 27.7 Å². The summed E-state index contributed by atoms with van der Waals surface area (Å²) in [6.45, 7) is 8.70.